The van der Waals surface area contributed by atoms with Gasteiger partial charge in [-0.3, -0.25) is 14.3 Å². The van der Waals surface area contributed by atoms with Crippen molar-refractivity contribution in [1.29, 1.82) is 0 Å². The fourth-order valence-electron chi connectivity index (χ4n) is 4.19. The molecule has 1 spiro atoms. The molecule has 24 heavy (non-hydrogen) atoms. The number of nitrogens with one attached hydrogen (secondary N) is 1. The van der Waals surface area contributed by atoms with Gasteiger partial charge in [0, 0.05) is 32.1 Å². The summed E-state index contributed by atoms with van der Waals surface area (Å²) < 4.78 is 7.63. The van der Waals surface area contributed by atoms with Crippen LogP contribution in [0.5, 0.6) is 0 Å². The van der Waals surface area contributed by atoms with E-state index in [1.54, 1.807) is 9.58 Å². The van der Waals surface area contributed by atoms with Gasteiger partial charge in [0.15, 0.2) is 5.69 Å². The molecule has 7 heteroatoms. The maximum absolute atomic E-state index is 13.3. The number of amides is 2. The molecule has 7 nitrogen and oxygen atoms in total. The van der Waals surface area contributed by atoms with Crippen molar-refractivity contribution in [3.63, 3.8) is 0 Å². The minimum absolute atomic E-state index is 0.0109. The van der Waals surface area contributed by atoms with Gasteiger partial charge in [-0.2, -0.15) is 5.10 Å². The van der Waals surface area contributed by atoms with Crippen molar-refractivity contribution in [3.05, 3.63) is 17.0 Å². The van der Waals surface area contributed by atoms with Gasteiger partial charge in [0.25, 0.3) is 5.91 Å². The fraction of sp³-hybridized carbons (Fsp3) is 0.706. The van der Waals surface area contributed by atoms with Gasteiger partial charge in [0.05, 0.1) is 17.9 Å². The Kier molecular flexibility index (Phi) is 3.46. The molecule has 1 saturated carbocycles. The van der Waals surface area contributed by atoms with E-state index in [0.717, 1.165) is 30.5 Å². The monoisotopic (exact) mass is 332 g/mol. The van der Waals surface area contributed by atoms with Crippen LogP contribution >= 0.6 is 0 Å². The molecule has 4 rings (SSSR count). The quantitative estimate of drug-likeness (QED) is 0.830. The lowest BCUT2D eigenvalue weighted by atomic mass is 9.98. The standard InChI is InChI=1S/C17H24N4O3/c1-10-9-12-13(19-20(3)14(12)11(2)24-10)15(22)21-8-4-7-18-16(23)17(21)5-6-17/h10-11H,4-9H2,1-3H3,(H,18,23)/t10-,11+/m1/s1. The van der Waals surface area contributed by atoms with Gasteiger partial charge in [-0.1, -0.05) is 0 Å². The number of rotatable bonds is 1. The SMILES string of the molecule is C[C@@H]1Cc2c(C(=O)N3CCCNC(=O)C34CC4)nn(C)c2[C@H](C)O1. The number of fused-ring (bicyclic) bond motifs is 1. The van der Waals surface area contributed by atoms with Gasteiger partial charge in [-0.05, 0) is 33.1 Å². The first kappa shape index (κ1) is 15.6. The number of aryl methyl sites for hydroxylation is 1. The average Bonchev–Trinajstić information content (AvgIpc) is 3.28. The third-order valence-electron chi connectivity index (χ3n) is 5.46. The summed E-state index contributed by atoms with van der Waals surface area (Å²) >= 11 is 0. The molecule has 0 aromatic carbocycles. The van der Waals surface area contributed by atoms with Gasteiger partial charge in [0.1, 0.15) is 5.54 Å². The Balaban J connectivity index is 1.73. The normalized spacial score (nSPS) is 28.3. The molecule has 2 aliphatic heterocycles. The summed E-state index contributed by atoms with van der Waals surface area (Å²) in [5.74, 6) is -0.120. The molecular formula is C17H24N4O3. The van der Waals surface area contributed by atoms with Crippen molar-refractivity contribution < 1.29 is 14.3 Å². The molecule has 1 aromatic rings. The minimum Gasteiger partial charge on any atom is -0.369 e. The van der Waals surface area contributed by atoms with Gasteiger partial charge in [0.2, 0.25) is 5.91 Å². The van der Waals surface area contributed by atoms with E-state index in [1.807, 2.05) is 20.9 Å². The van der Waals surface area contributed by atoms with Crippen LogP contribution < -0.4 is 5.32 Å². The van der Waals surface area contributed by atoms with Crippen molar-refractivity contribution in [2.75, 3.05) is 13.1 Å². The van der Waals surface area contributed by atoms with E-state index in [0.29, 0.717) is 25.2 Å². The molecule has 2 atom stereocenters. The third kappa shape index (κ3) is 2.17. The molecule has 2 amide bonds. The van der Waals surface area contributed by atoms with Crippen LogP contribution in [-0.4, -0.2) is 51.2 Å². The van der Waals surface area contributed by atoms with Crippen LogP contribution in [0.15, 0.2) is 0 Å². The number of nitrogens with zero attached hydrogens (tertiary/aromatic N) is 3. The average molecular weight is 332 g/mol. The molecule has 1 saturated heterocycles. The summed E-state index contributed by atoms with van der Waals surface area (Å²) in [6.07, 6.45) is 2.94. The first-order chi connectivity index (χ1) is 11.4. The lowest BCUT2D eigenvalue weighted by Gasteiger charge is -2.29. The highest BCUT2D eigenvalue weighted by atomic mass is 16.5. The summed E-state index contributed by atoms with van der Waals surface area (Å²) in [4.78, 5) is 27.4. The van der Waals surface area contributed by atoms with Crippen LogP contribution in [0.4, 0.5) is 0 Å². The zero-order valence-electron chi connectivity index (χ0n) is 14.5. The minimum atomic E-state index is -0.639. The Bertz CT molecular complexity index is 707. The molecule has 130 valence electrons. The highest BCUT2D eigenvalue weighted by Gasteiger charge is 2.57. The van der Waals surface area contributed by atoms with Gasteiger partial charge in [-0.25, -0.2) is 0 Å². The number of hydrogen-bond acceptors (Lipinski definition) is 4. The second kappa shape index (κ2) is 5.31. The lowest BCUT2D eigenvalue weighted by molar-refractivity contribution is -0.126. The first-order valence-corrected chi connectivity index (χ1v) is 8.75. The van der Waals surface area contributed by atoms with Gasteiger partial charge < -0.3 is 15.0 Å². The third-order valence-corrected chi connectivity index (χ3v) is 5.46. The highest BCUT2D eigenvalue weighted by molar-refractivity contribution is 6.00. The predicted octanol–water partition coefficient (Wildman–Crippen LogP) is 0.937. The largest absolute Gasteiger partial charge is 0.369 e. The molecule has 1 aliphatic carbocycles. The maximum atomic E-state index is 13.3. The maximum Gasteiger partial charge on any atom is 0.275 e. The second-order valence-electron chi connectivity index (χ2n) is 7.23. The van der Waals surface area contributed by atoms with Crippen LogP contribution in [-0.2, 0) is 23.0 Å². The summed E-state index contributed by atoms with van der Waals surface area (Å²) in [6, 6.07) is 0. The first-order valence-electron chi connectivity index (χ1n) is 8.75. The van der Waals surface area contributed by atoms with E-state index in [2.05, 4.69) is 10.4 Å². The van der Waals surface area contributed by atoms with Crippen molar-refractivity contribution in [2.45, 2.75) is 57.3 Å². The summed E-state index contributed by atoms with van der Waals surface area (Å²) in [5.41, 5.74) is 1.81. The summed E-state index contributed by atoms with van der Waals surface area (Å²) in [7, 11) is 1.85. The Hall–Kier alpha value is -1.89. The van der Waals surface area contributed by atoms with E-state index < -0.39 is 5.54 Å². The number of carbonyl (C=O) groups excluding carboxylic acids is 2. The van der Waals surface area contributed by atoms with Crippen LogP contribution in [0.2, 0.25) is 0 Å². The number of hydrogen-bond donors (Lipinski definition) is 1. The Morgan fingerprint density at radius 2 is 2.12 bits per heavy atom. The van der Waals surface area contributed by atoms with Gasteiger partial charge >= 0.3 is 0 Å². The lowest BCUT2D eigenvalue weighted by Crippen LogP contribution is -2.49. The zero-order chi connectivity index (χ0) is 17.1. The number of carbonyl (C=O) groups is 2. The van der Waals surface area contributed by atoms with E-state index in [4.69, 9.17) is 4.74 Å². The van der Waals surface area contributed by atoms with Crippen molar-refractivity contribution >= 4 is 11.8 Å². The fourth-order valence-corrected chi connectivity index (χ4v) is 4.19. The van der Waals surface area contributed by atoms with Crippen molar-refractivity contribution in [3.8, 4) is 0 Å². The second-order valence-corrected chi connectivity index (χ2v) is 7.23. The predicted molar refractivity (Wildman–Crippen MR) is 86.5 cm³/mol. The van der Waals surface area contributed by atoms with Gasteiger partial charge in [-0.15, -0.1) is 0 Å². The molecule has 2 fully saturated rings. The van der Waals surface area contributed by atoms with E-state index in [1.165, 1.54) is 0 Å². The number of ether oxygens (including phenoxy) is 1. The van der Waals surface area contributed by atoms with Crippen LogP contribution in [0.3, 0.4) is 0 Å². The van der Waals surface area contributed by atoms with E-state index in [9.17, 15) is 9.59 Å². The smallest absolute Gasteiger partial charge is 0.275 e. The molecule has 0 bridgehead atoms. The van der Waals surface area contributed by atoms with Crippen molar-refractivity contribution in [1.82, 2.24) is 20.0 Å². The Morgan fingerprint density at radius 3 is 2.83 bits per heavy atom. The molecule has 1 aromatic heterocycles. The summed E-state index contributed by atoms with van der Waals surface area (Å²) in [6.45, 7) is 5.24. The molecule has 1 N–H and O–H groups in total. The van der Waals surface area contributed by atoms with Crippen molar-refractivity contribution in [2.24, 2.45) is 7.05 Å². The Morgan fingerprint density at radius 1 is 1.38 bits per heavy atom. The van der Waals surface area contributed by atoms with Crippen LogP contribution in [0.1, 0.15) is 61.0 Å². The van der Waals surface area contributed by atoms with E-state index in [-0.39, 0.29) is 24.0 Å². The highest BCUT2D eigenvalue weighted by Crippen LogP contribution is 2.44. The Labute approximate surface area is 141 Å². The molecule has 3 heterocycles. The zero-order valence-corrected chi connectivity index (χ0v) is 14.5. The molecule has 0 unspecified atom stereocenters. The number of aromatic nitrogens is 2. The molecule has 3 aliphatic rings. The van der Waals surface area contributed by atoms with Crippen LogP contribution in [0.25, 0.3) is 0 Å². The van der Waals surface area contributed by atoms with Crippen LogP contribution in [0, 0.1) is 0 Å². The van der Waals surface area contributed by atoms with E-state index >= 15 is 0 Å². The molecular weight excluding hydrogens is 308 g/mol. The topological polar surface area (TPSA) is 76.5 Å². The molecule has 0 radical (unpaired) electrons. The summed E-state index contributed by atoms with van der Waals surface area (Å²) in [5, 5.41) is 7.45.